The minimum Gasteiger partial charge on any atom is -0.398 e. The summed E-state index contributed by atoms with van der Waals surface area (Å²) in [4.78, 5) is 12.3. The molecule has 0 spiro atoms. The van der Waals surface area contributed by atoms with Crippen LogP contribution in [0.3, 0.4) is 0 Å². The van der Waals surface area contributed by atoms with Gasteiger partial charge in [-0.3, -0.25) is 4.79 Å². The molecule has 1 heterocycles. The number of nitrogen functional groups attached to an aromatic ring is 1. The summed E-state index contributed by atoms with van der Waals surface area (Å²) in [6.07, 6.45) is 0.852. The van der Waals surface area contributed by atoms with Crippen molar-refractivity contribution in [3.63, 3.8) is 0 Å². The first-order valence-electron chi connectivity index (χ1n) is 6.04. The van der Waals surface area contributed by atoms with Crippen LogP contribution in [0.4, 0.5) is 11.4 Å². The first-order chi connectivity index (χ1) is 8.47. The Morgan fingerprint density at radius 3 is 2.78 bits per heavy atom. The molecule has 2 atom stereocenters. The van der Waals surface area contributed by atoms with Crippen LogP contribution in [0.1, 0.15) is 25.8 Å². The molecule has 1 amide bonds. The summed E-state index contributed by atoms with van der Waals surface area (Å²) in [5.74, 6) is 0.0480. The van der Waals surface area contributed by atoms with E-state index >= 15 is 0 Å². The van der Waals surface area contributed by atoms with Crippen molar-refractivity contribution in [2.75, 3.05) is 11.1 Å². The Morgan fingerprint density at radius 2 is 2.11 bits per heavy atom. The monoisotopic (exact) mass is 266 g/mol. The number of carbonyl (C=O) groups is 1. The molecular weight excluding hydrogens is 248 g/mol. The lowest BCUT2D eigenvalue weighted by Crippen LogP contribution is -2.19. The van der Waals surface area contributed by atoms with E-state index in [9.17, 15) is 9.90 Å². The Kier molecular flexibility index (Phi) is 3.82. The zero-order chi connectivity index (χ0) is 13.3. The van der Waals surface area contributed by atoms with E-state index in [0.29, 0.717) is 12.1 Å². The number of nitrogens with two attached hydrogens (primary N) is 1. The van der Waals surface area contributed by atoms with E-state index < -0.39 is 6.10 Å². The molecule has 0 aliphatic carbocycles. The Bertz CT molecular complexity index is 474. The Hall–Kier alpha value is -1.20. The molecule has 5 heteroatoms. The highest BCUT2D eigenvalue weighted by atomic mass is 32.2. The standard InChI is InChI=1S/C13H18N2O2S/c1-7(16)8(2)18-12-6-11-9(5-10(12)14)3-4-13(17)15-11/h5-8,16H,3-4,14H2,1-2H3,(H,15,17). The van der Waals surface area contributed by atoms with Crippen LogP contribution in [0, 0.1) is 0 Å². The molecule has 18 heavy (non-hydrogen) atoms. The predicted octanol–water partition coefficient (Wildman–Crippen LogP) is 2.01. The van der Waals surface area contributed by atoms with Crippen molar-refractivity contribution in [2.24, 2.45) is 0 Å². The predicted molar refractivity (Wildman–Crippen MR) is 74.8 cm³/mol. The average molecular weight is 266 g/mol. The molecule has 0 radical (unpaired) electrons. The van der Waals surface area contributed by atoms with Crippen LogP contribution < -0.4 is 11.1 Å². The second kappa shape index (κ2) is 5.20. The molecule has 1 aliphatic heterocycles. The first kappa shape index (κ1) is 13.2. The van der Waals surface area contributed by atoms with Gasteiger partial charge in [0.2, 0.25) is 5.91 Å². The lowest BCUT2D eigenvalue weighted by Gasteiger charge is -2.21. The van der Waals surface area contributed by atoms with Crippen molar-refractivity contribution in [3.05, 3.63) is 17.7 Å². The summed E-state index contributed by atoms with van der Waals surface area (Å²) >= 11 is 1.53. The second-order valence-corrected chi connectivity index (χ2v) is 6.08. The topological polar surface area (TPSA) is 75.3 Å². The maximum atomic E-state index is 11.4. The third-order valence-electron chi connectivity index (χ3n) is 3.12. The quantitative estimate of drug-likeness (QED) is 0.578. The third kappa shape index (κ3) is 2.79. The lowest BCUT2D eigenvalue weighted by molar-refractivity contribution is -0.116. The van der Waals surface area contributed by atoms with Gasteiger partial charge in [0.05, 0.1) is 6.10 Å². The maximum Gasteiger partial charge on any atom is 0.224 e. The van der Waals surface area contributed by atoms with Crippen molar-refractivity contribution in [2.45, 2.75) is 42.9 Å². The largest absolute Gasteiger partial charge is 0.398 e. The number of anilines is 2. The van der Waals surface area contributed by atoms with E-state index in [2.05, 4.69) is 5.32 Å². The minimum atomic E-state index is -0.403. The highest BCUT2D eigenvalue weighted by molar-refractivity contribution is 8.00. The zero-order valence-corrected chi connectivity index (χ0v) is 11.4. The molecule has 0 aromatic heterocycles. The molecule has 0 bridgehead atoms. The third-order valence-corrected chi connectivity index (χ3v) is 4.50. The molecule has 4 nitrogen and oxygen atoms in total. The zero-order valence-electron chi connectivity index (χ0n) is 10.6. The van der Waals surface area contributed by atoms with Gasteiger partial charge in [-0.25, -0.2) is 0 Å². The molecule has 1 aliphatic rings. The molecule has 2 rings (SSSR count). The van der Waals surface area contributed by atoms with E-state index in [1.807, 2.05) is 19.1 Å². The van der Waals surface area contributed by atoms with Crippen LogP contribution in [0.5, 0.6) is 0 Å². The fourth-order valence-electron chi connectivity index (χ4n) is 1.83. The molecule has 0 saturated heterocycles. The van der Waals surface area contributed by atoms with Crippen LogP contribution in [0.25, 0.3) is 0 Å². The molecule has 0 saturated carbocycles. The number of nitrogens with one attached hydrogen (secondary N) is 1. The number of rotatable bonds is 3. The van der Waals surface area contributed by atoms with Crippen LogP contribution in [-0.4, -0.2) is 22.4 Å². The number of thioether (sulfide) groups is 1. The van der Waals surface area contributed by atoms with Crippen LogP contribution in [0.15, 0.2) is 17.0 Å². The summed E-state index contributed by atoms with van der Waals surface area (Å²) in [6.45, 7) is 3.71. The first-order valence-corrected chi connectivity index (χ1v) is 6.92. The SMILES string of the molecule is CC(O)C(C)Sc1cc2c(cc1N)CCC(=O)N2. The number of hydrogen-bond donors (Lipinski definition) is 3. The molecule has 1 aromatic carbocycles. The number of carbonyl (C=O) groups excluding carboxylic acids is 1. The maximum absolute atomic E-state index is 11.4. The van der Waals surface area contributed by atoms with Gasteiger partial charge in [-0.05, 0) is 31.0 Å². The summed E-state index contributed by atoms with van der Waals surface area (Å²) < 4.78 is 0. The summed E-state index contributed by atoms with van der Waals surface area (Å²) in [6, 6.07) is 3.83. The number of aryl methyl sites for hydroxylation is 1. The van der Waals surface area contributed by atoms with Gasteiger partial charge in [0.25, 0.3) is 0 Å². The fourth-order valence-corrected chi connectivity index (χ4v) is 2.81. The van der Waals surface area contributed by atoms with Crippen molar-refractivity contribution < 1.29 is 9.90 Å². The van der Waals surface area contributed by atoms with Crippen LogP contribution in [-0.2, 0) is 11.2 Å². The summed E-state index contributed by atoms with van der Waals surface area (Å²) in [5.41, 5.74) is 8.66. The van der Waals surface area contributed by atoms with E-state index in [1.165, 1.54) is 11.8 Å². The van der Waals surface area contributed by atoms with Gasteiger partial charge in [-0.15, -0.1) is 11.8 Å². The average Bonchev–Trinajstić information content (AvgIpc) is 2.30. The highest BCUT2D eigenvalue weighted by Gasteiger charge is 2.18. The van der Waals surface area contributed by atoms with E-state index in [4.69, 9.17) is 5.73 Å². The van der Waals surface area contributed by atoms with Crippen LogP contribution in [0.2, 0.25) is 0 Å². The van der Waals surface area contributed by atoms with E-state index in [0.717, 1.165) is 22.6 Å². The number of amides is 1. The van der Waals surface area contributed by atoms with Gasteiger partial charge in [0, 0.05) is 27.9 Å². The minimum absolute atomic E-state index is 0.0480. The van der Waals surface area contributed by atoms with Gasteiger partial charge in [-0.1, -0.05) is 6.92 Å². The van der Waals surface area contributed by atoms with E-state index in [1.54, 1.807) is 6.92 Å². The van der Waals surface area contributed by atoms with Gasteiger partial charge in [0.15, 0.2) is 0 Å². The molecule has 98 valence electrons. The lowest BCUT2D eigenvalue weighted by atomic mass is 10.0. The summed E-state index contributed by atoms with van der Waals surface area (Å²) in [7, 11) is 0. The molecule has 4 N–H and O–H groups in total. The Labute approximate surface area is 111 Å². The molecular formula is C13H18N2O2S. The smallest absolute Gasteiger partial charge is 0.224 e. The number of aliphatic hydroxyl groups excluding tert-OH is 1. The number of benzene rings is 1. The summed E-state index contributed by atoms with van der Waals surface area (Å²) in [5, 5.41) is 12.4. The van der Waals surface area contributed by atoms with Gasteiger partial charge < -0.3 is 16.2 Å². The molecule has 0 fully saturated rings. The van der Waals surface area contributed by atoms with Crippen molar-refractivity contribution in [1.82, 2.24) is 0 Å². The Balaban J connectivity index is 2.26. The normalized spacial score (nSPS) is 17.8. The highest BCUT2D eigenvalue weighted by Crippen LogP contribution is 2.36. The van der Waals surface area contributed by atoms with Crippen LogP contribution >= 0.6 is 11.8 Å². The van der Waals surface area contributed by atoms with Crippen molar-refractivity contribution in [1.29, 1.82) is 0 Å². The number of fused-ring (bicyclic) bond motifs is 1. The van der Waals surface area contributed by atoms with Gasteiger partial charge >= 0.3 is 0 Å². The Morgan fingerprint density at radius 1 is 1.39 bits per heavy atom. The van der Waals surface area contributed by atoms with Gasteiger partial charge in [-0.2, -0.15) is 0 Å². The fraction of sp³-hybridized carbons (Fsp3) is 0.462. The molecule has 2 unspecified atom stereocenters. The van der Waals surface area contributed by atoms with E-state index in [-0.39, 0.29) is 11.2 Å². The second-order valence-electron chi connectivity index (χ2n) is 4.66. The van der Waals surface area contributed by atoms with Gasteiger partial charge in [0.1, 0.15) is 0 Å². The van der Waals surface area contributed by atoms with Crippen molar-refractivity contribution >= 4 is 29.0 Å². The molecule has 1 aromatic rings. The number of aliphatic hydroxyl groups is 1. The number of hydrogen-bond acceptors (Lipinski definition) is 4. The van der Waals surface area contributed by atoms with Crippen molar-refractivity contribution in [3.8, 4) is 0 Å².